The first kappa shape index (κ1) is 19.3. The smallest absolute Gasteiger partial charge is 0.465 e. The number of halogens is 3. The second-order valence-corrected chi connectivity index (χ2v) is 5.80. The Bertz CT molecular complexity index is 965. The van der Waals surface area contributed by atoms with Crippen molar-refractivity contribution in [2.24, 2.45) is 7.05 Å². The molecule has 1 heterocycles. The van der Waals surface area contributed by atoms with E-state index in [4.69, 9.17) is 0 Å². The molecular weight excluding hydrogens is 375 g/mol. The van der Waals surface area contributed by atoms with E-state index in [1.165, 1.54) is 31.4 Å². The van der Waals surface area contributed by atoms with Crippen LogP contribution in [0.5, 0.6) is 5.75 Å². The number of hydrogen-bond donors (Lipinski definition) is 1. The molecule has 0 amide bonds. The fourth-order valence-electron chi connectivity index (χ4n) is 2.51. The lowest BCUT2D eigenvalue weighted by atomic mass is 10.1. The molecule has 0 unspecified atom stereocenters. The van der Waals surface area contributed by atoms with Crippen LogP contribution in [0.4, 0.5) is 24.7 Å². The Balaban J connectivity index is 1.74. The normalized spacial score (nSPS) is 11.2. The van der Waals surface area contributed by atoms with Gasteiger partial charge >= 0.3 is 12.3 Å². The highest BCUT2D eigenvalue weighted by Crippen LogP contribution is 2.27. The fraction of sp³-hybridized carbons (Fsp3) is 0.158. The number of nitrogens with one attached hydrogen (secondary N) is 1. The summed E-state index contributed by atoms with van der Waals surface area (Å²) in [5.74, 6) is -0.0844. The van der Waals surface area contributed by atoms with Gasteiger partial charge in [-0.25, -0.2) is 4.79 Å². The molecule has 0 saturated carbocycles. The van der Waals surface area contributed by atoms with Crippen LogP contribution in [0.2, 0.25) is 0 Å². The Morgan fingerprint density at radius 3 is 2.29 bits per heavy atom. The first-order valence-electron chi connectivity index (χ1n) is 8.11. The van der Waals surface area contributed by atoms with Crippen LogP contribution in [0, 0.1) is 0 Å². The number of aromatic nitrogens is 2. The highest BCUT2D eigenvalue weighted by atomic mass is 19.4. The van der Waals surface area contributed by atoms with Crippen molar-refractivity contribution >= 4 is 17.5 Å². The SMILES string of the molecule is COC(=O)c1ccc(-c2cc(Nc3ccc(OC(F)(F)F)cc3)n(C)n2)cc1. The molecule has 0 fully saturated rings. The summed E-state index contributed by atoms with van der Waals surface area (Å²) in [6, 6.07) is 14.0. The zero-order valence-corrected chi connectivity index (χ0v) is 14.9. The maximum atomic E-state index is 12.2. The summed E-state index contributed by atoms with van der Waals surface area (Å²) in [6.45, 7) is 0. The van der Waals surface area contributed by atoms with Crippen LogP contribution in [0.3, 0.4) is 0 Å². The van der Waals surface area contributed by atoms with Gasteiger partial charge in [0, 0.05) is 24.4 Å². The maximum Gasteiger partial charge on any atom is 0.573 e. The number of carbonyl (C=O) groups is 1. The van der Waals surface area contributed by atoms with Gasteiger partial charge in [-0.05, 0) is 36.4 Å². The lowest BCUT2D eigenvalue weighted by Gasteiger charge is -2.10. The van der Waals surface area contributed by atoms with Gasteiger partial charge in [0.25, 0.3) is 0 Å². The molecule has 0 atom stereocenters. The first-order valence-corrected chi connectivity index (χ1v) is 8.11. The highest BCUT2D eigenvalue weighted by molar-refractivity contribution is 5.89. The summed E-state index contributed by atoms with van der Waals surface area (Å²) in [7, 11) is 3.05. The van der Waals surface area contributed by atoms with Crippen LogP contribution >= 0.6 is 0 Å². The standard InChI is InChI=1S/C19H16F3N3O3/c1-25-17(23-14-7-9-15(10-8-14)28-19(20,21)22)11-16(24-25)12-3-5-13(6-4-12)18(26)27-2/h3-11,23H,1-2H3. The minimum Gasteiger partial charge on any atom is -0.465 e. The van der Waals surface area contributed by atoms with Gasteiger partial charge in [-0.3, -0.25) is 4.68 Å². The summed E-state index contributed by atoms with van der Waals surface area (Å²) in [5.41, 5.74) is 2.47. The molecule has 28 heavy (non-hydrogen) atoms. The number of carbonyl (C=O) groups excluding carboxylic acids is 1. The first-order chi connectivity index (χ1) is 13.2. The molecule has 3 rings (SSSR count). The van der Waals surface area contributed by atoms with Crippen molar-refractivity contribution in [3.8, 4) is 17.0 Å². The summed E-state index contributed by atoms with van der Waals surface area (Å²) >= 11 is 0. The van der Waals surface area contributed by atoms with Crippen molar-refractivity contribution in [3.63, 3.8) is 0 Å². The van der Waals surface area contributed by atoms with Crippen LogP contribution < -0.4 is 10.1 Å². The number of esters is 1. The molecule has 146 valence electrons. The van der Waals surface area contributed by atoms with Gasteiger partial charge in [0.2, 0.25) is 0 Å². The van der Waals surface area contributed by atoms with Gasteiger partial charge in [0.05, 0.1) is 18.4 Å². The number of nitrogens with zero attached hydrogens (tertiary/aromatic N) is 2. The molecule has 1 N–H and O–H groups in total. The maximum absolute atomic E-state index is 12.2. The van der Waals surface area contributed by atoms with Crippen molar-refractivity contribution in [3.05, 3.63) is 60.2 Å². The minimum atomic E-state index is -4.73. The molecule has 0 aliphatic carbocycles. The number of hydrogen-bond acceptors (Lipinski definition) is 5. The molecule has 3 aromatic rings. The molecule has 0 radical (unpaired) electrons. The lowest BCUT2D eigenvalue weighted by molar-refractivity contribution is -0.274. The van der Waals surface area contributed by atoms with E-state index < -0.39 is 12.3 Å². The predicted molar refractivity (Wildman–Crippen MR) is 96.4 cm³/mol. The molecule has 1 aromatic heterocycles. The Hall–Kier alpha value is -3.49. The van der Waals surface area contributed by atoms with Crippen molar-refractivity contribution in [1.29, 1.82) is 0 Å². The summed E-state index contributed by atoms with van der Waals surface area (Å²) < 4.78 is 46.8. The largest absolute Gasteiger partial charge is 0.573 e. The zero-order chi connectivity index (χ0) is 20.3. The van der Waals surface area contributed by atoms with Gasteiger partial charge in [-0.1, -0.05) is 12.1 Å². The molecule has 0 aliphatic heterocycles. The van der Waals surface area contributed by atoms with E-state index in [1.54, 1.807) is 42.1 Å². The van der Waals surface area contributed by atoms with E-state index in [-0.39, 0.29) is 5.75 Å². The Morgan fingerprint density at radius 2 is 1.71 bits per heavy atom. The monoisotopic (exact) mass is 391 g/mol. The molecule has 9 heteroatoms. The molecule has 2 aromatic carbocycles. The van der Waals surface area contributed by atoms with Crippen molar-refractivity contribution in [1.82, 2.24) is 9.78 Å². The van der Waals surface area contributed by atoms with E-state index in [2.05, 4.69) is 19.9 Å². The minimum absolute atomic E-state index is 0.297. The third-order valence-electron chi connectivity index (χ3n) is 3.84. The van der Waals surface area contributed by atoms with Gasteiger partial charge in [0.15, 0.2) is 0 Å². The third-order valence-corrected chi connectivity index (χ3v) is 3.84. The highest BCUT2D eigenvalue weighted by Gasteiger charge is 2.30. The lowest BCUT2D eigenvalue weighted by Crippen LogP contribution is -2.16. The number of aryl methyl sites for hydroxylation is 1. The summed E-state index contributed by atoms with van der Waals surface area (Å²) in [4.78, 5) is 11.5. The Morgan fingerprint density at radius 1 is 1.07 bits per heavy atom. The number of anilines is 2. The molecule has 0 saturated heterocycles. The third kappa shape index (κ3) is 4.61. The van der Waals surface area contributed by atoms with Crippen LogP contribution in [0.15, 0.2) is 54.6 Å². The van der Waals surface area contributed by atoms with Crippen molar-refractivity contribution < 1.29 is 27.4 Å². The van der Waals surface area contributed by atoms with Gasteiger partial charge in [-0.2, -0.15) is 5.10 Å². The second-order valence-electron chi connectivity index (χ2n) is 5.80. The van der Waals surface area contributed by atoms with E-state index in [0.29, 0.717) is 22.8 Å². The van der Waals surface area contributed by atoms with E-state index in [0.717, 1.165) is 5.56 Å². The number of alkyl halides is 3. The topological polar surface area (TPSA) is 65.4 Å². The Kier molecular flexibility index (Phi) is 5.25. The van der Waals surface area contributed by atoms with E-state index in [1.807, 2.05) is 0 Å². The van der Waals surface area contributed by atoms with Crippen molar-refractivity contribution in [2.45, 2.75) is 6.36 Å². The van der Waals surface area contributed by atoms with Crippen LogP contribution in [-0.2, 0) is 11.8 Å². The zero-order valence-electron chi connectivity index (χ0n) is 14.9. The molecular formula is C19H16F3N3O3. The van der Waals surface area contributed by atoms with Crippen LogP contribution in [0.1, 0.15) is 10.4 Å². The molecule has 6 nitrogen and oxygen atoms in total. The van der Waals surface area contributed by atoms with E-state index >= 15 is 0 Å². The van der Waals surface area contributed by atoms with Crippen molar-refractivity contribution in [2.75, 3.05) is 12.4 Å². The second kappa shape index (κ2) is 7.63. The average Bonchev–Trinajstić information content (AvgIpc) is 3.02. The summed E-state index contributed by atoms with van der Waals surface area (Å²) in [5, 5.41) is 7.48. The number of ether oxygens (including phenoxy) is 2. The number of methoxy groups -OCH3 is 1. The number of rotatable bonds is 5. The van der Waals surface area contributed by atoms with Gasteiger partial charge in [0.1, 0.15) is 11.6 Å². The van der Waals surface area contributed by atoms with E-state index in [9.17, 15) is 18.0 Å². The Labute approximate surface area is 158 Å². The predicted octanol–water partition coefficient (Wildman–Crippen LogP) is 4.52. The van der Waals surface area contributed by atoms with Gasteiger partial charge in [-0.15, -0.1) is 13.2 Å². The molecule has 0 aliphatic rings. The van der Waals surface area contributed by atoms with Crippen LogP contribution in [0.25, 0.3) is 11.3 Å². The fourth-order valence-corrected chi connectivity index (χ4v) is 2.51. The molecule has 0 spiro atoms. The summed E-state index contributed by atoms with van der Waals surface area (Å²) in [6.07, 6.45) is -4.73. The average molecular weight is 391 g/mol. The quantitative estimate of drug-likeness (QED) is 0.648. The van der Waals surface area contributed by atoms with Crippen LogP contribution in [-0.4, -0.2) is 29.2 Å². The number of benzene rings is 2. The molecule has 0 bridgehead atoms. The van der Waals surface area contributed by atoms with Gasteiger partial charge < -0.3 is 14.8 Å².